The van der Waals surface area contributed by atoms with Crippen molar-refractivity contribution in [3.8, 4) is 0 Å². The molecule has 18 heavy (non-hydrogen) atoms. The van der Waals surface area contributed by atoms with E-state index in [0.717, 1.165) is 0 Å². The number of aryl methyl sites for hydroxylation is 1. The summed E-state index contributed by atoms with van der Waals surface area (Å²) in [6.45, 7) is 1.78. The van der Waals surface area contributed by atoms with E-state index >= 15 is 0 Å². The van der Waals surface area contributed by atoms with E-state index in [4.69, 9.17) is 11.6 Å². The fourth-order valence-corrected chi connectivity index (χ4v) is 2.76. The lowest BCUT2D eigenvalue weighted by atomic mass is 10.3. The fourth-order valence-electron chi connectivity index (χ4n) is 1.38. The van der Waals surface area contributed by atoms with Crippen LogP contribution >= 0.6 is 43.5 Å². The van der Waals surface area contributed by atoms with Gasteiger partial charge in [-0.2, -0.15) is 0 Å². The number of benzene rings is 1. The molecule has 0 spiro atoms. The Bertz CT molecular complexity index is 564. The van der Waals surface area contributed by atoms with Gasteiger partial charge in [-0.15, -0.1) is 0 Å². The second-order valence-corrected chi connectivity index (χ2v) is 5.57. The normalized spacial score (nSPS) is 10.5. The minimum absolute atomic E-state index is 0.272. The highest BCUT2D eigenvalue weighted by atomic mass is 79.9. The zero-order valence-corrected chi connectivity index (χ0v) is 13.1. The molecule has 0 aliphatic rings. The van der Waals surface area contributed by atoms with Crippen molar-refractivity contribution in [1.82, 2.24) is 9.97 Å². The van der Waals surface area contributed by atoms with Crippen LogP contribution in [0.1, 0.15) is 5.82 Å². The van der Waals surface area contributed by atoms with Gasteiger partial charge in [-0.3, -0.25) is 0 Å². The average molecular weight is 395 g/mol. The maximum Gasteiger partial charge on any atom is 0.135 e. The summed E-state index contributed by atoms with van der Waals surface area (Å²) in [5, 5.41) is 3.30. The number of nitrogens with zero attached hydrogens (tertiary/aromatic N) is 2. The van der Waals surface area contributed by atoms with E-state index in [1.54, 1.807) is 13.0 Å². The first kappa shape index (κ1) is 13.7. The Morgan fingerprint density at radius 3 is 2.56 bits per heavy atom. The topological polar surface area (TPSA) is 37.8 Å². The van der Waals surface area contributed by atoms with E-state index in [0.29, 0.717) is 26.4 Å². The van der Waals surface area contributed by atoms with E-state index in [9.17, 15) is 4.39 Å². The molecule has 94 valence electrons. The maximum atomic E-state index is 13.1. The van der Waals surface area contributed by atoms with Gasteiger partial charge in [0.25, 0.3) is 0 Å². The smallest absolute Gasteiger partial charge is 0.135 e. The van der Waals surface area contributed by atoms with Crippen molar-refractivity contribution in [3.05, 3.63) is 43.9 Å². The summed E-state index contributed by atoms with van der Waals surface area (Å²) >= 11 is 12.5. The molecular formula is C11H7Br2ClFN3. The summed E-state index contributed by atoms with van der Waals surface area (Å²) in [4.78, 5) is 8.30. The lowest BCUT2D eigenvalue weighted by Gasteiger charge is -2.10. The van der Waals surface area contributed by atoms with Crippen molar-refractivity contribution in [1.29, 1.82) is 0 Å². The molecule has 1 aromatic heterocycles. The molecule has 0 saturated heterocycles. The van der Waals surface area contributed by atoms with Gasteiger partial charge in [-0.1, -0.05) is 11.6 Å². The van der Waals surface area contributed by atoms with Crippen LogP contribution in [0, 0.1) is 12.7 Å². The first-order valence-electron chi connectivity index (χ1n) is 4.88. The van der Waals surface area contributed by atoms with Gasteiger partial charge in [0.15, 0.2) is 0 Å². The third-order valence-electron chi connectivity index (χ3n) is 2.07. The third-order valence-corrected chi connectivity index (χ3v) is 3.40. The summed E-state index contributed by atoms with van der Waals surface area (Å²) in [7, 11) is 0. The summed E-state index contributed by atoms with van der Waals surface area (Å²) in [5.41, 5.74) is 0.558. The fraction of sp³-hybridized carbons (Fsp3) is 0.0909. The summed E-state index contributed by atoms with van der Waals surface area (Å²) in [5.74, 6) is 0.780. The minimum Gasteiger partial charge on any atom is -0.338 e. The van der Waals surface area contributed by atoms with Crippen LogP contribution in [0.5, 0.6) is 0 Å². The molecule has 0 aliphatic carbocycles. The molecule has 0 bridgehead atoms. The predicted octanol–water partition coefficient (Wildman–Crippen LogP) is 4.85. The lowest BCUT2D eigenvalue weighted by molar-refractivity contribution is 0.627. The molecule has 0 atom stereocenters. The molecule has 2 aromatic rings. The molecule has 1 heterocycles. The molecule has 7 heteroatoms. The Morgan fingerprint density at radius 1 is 1.22 bits per heavy atom. The van der Waals surface area contributed by atoms with Crippen molar-refractivity contribution < 1.29 is 4.39 Å². The van der Waals surface area contributed by atoms with Crippen LogP contribution in [0.15, 0.2) is 27.3 Å². The molecule has 0 amide bonds. The molecule has 3 nitrogen and oxygen atoms in total. The SMILES string of the molecule is Cc1nc(Br)cc(Nc2c(Cl)cc(F)cc2Br)n1. The number of hydrogen-bond donors (Lipinski definition) is 1. The highest BCUT2D eigenvalue weighted by Crippen LogP contribution is 2.33. The zero-order chi connectivity index (χ0) is 13.3. The van der Waals surface area contributed by atoms with Crippen LogP contribution in [-0.2, 0) is 0 Å². The van der Waals surface area contributed by atoms with Gasteiger partial charge in [0.1, 0.15) is 22.1 Å². The molecule has 0 saturated carbocycles. The standard InChI is InChI=1S/C11H7Br2ClFN3/c1-5-16-9(13)4-10(17-5)18-11-7(12)2-6(15)3-8(11)14/h2-4H,1H3,(H,16,17,18). The number of aromatic nitrogens is 2. The largest absolute Gasteiger partial charge is 0.338 e. The van der Waals surface area contributed by atoms with Gasteiger partial charge < -0.3 is 5.32 Å². The molecule has 1 aromatic carbocycles. The predicted molar refractivity (Wildman–Crippen MR) is 76.9 cm³/mol. The van der Waals surface area contributed by atoms with Crippen molar-refractivity contribution in [2.75, 3.05) is 5.32 Å². The maximum absolute atomic E-state index is 13.1. The Balaban J connectivity index is 2.40. The molecule has 0 unspecified atom stereocenters. The summed E-state index contributed by atoms with van der Waals surface area (Å²) in [6, 6.07) is 4.27. The van der Waals surface area contributed by atoms with Gasteiger partial charge >= 0.3 is 0 Å². The van der Waals surface area contributed by atoms with Crippen LogP contribution in [0.2, 0.25) is 5.02 Å². The Labute approximate surface area is 125 Å². The molecular weight excluding hydrogens is 388 g/mol. The number of rotatable bonds is 2. The van der Waals surface area contributed by atoms with Gasteiger partial charge in [-0.25, -0.2) is 14.4 Å². The number of halogens is 4. The minimum atomic E-state index is -0.405. The van der Waals surface area contributed by atoms with Crippen LogP contribution in [0.4, 0.5) is 15.9 Å². The van der Waals surface area contributed by atoms with Crippen molar-refractivity contribution >= 4 is 55.0 Å². The quantitative estimate of drug-likeness (QED) is 0.739. The van der Waals surface area contributed by atoms with E-state index < -0.39 is 5.82 Å². The lowest BCUT2D eigenvalue weighted by Crippen LogP contribution is -1.99. The van der Waals surface area contributed by atoms with E-state index in [-0.39, 0.29) is 5.02 Å². The van der Waals surface area contributed by atoms with Crippen molar-refractivity contribution in [2.24, 2.45) is 0 Å². The van der Waals surface area contributed by atoms with Gasteiger partial charge in [0, 0.05) is 10.5 Å². The van der Waals surface area contributed by atoms with Crippen LogP contribution in [-0.4, -0.2) is 9.97 Å². The van der Waals surface area contributed by atoms with Gasteiger partial charge in [-0.05, 0) is 50.9 Å². The highest BCUT2D eigenvalue weighted by Gasteiger charge is 2.09. The number of hydrogen-bond acceptors (Lipinski definition) is 3. The van der Waals surface area contributed by atoms with Crippen molar-refractivity contribution in [3.63, 3.8) is 0 Å². The van der Waals surface area contributed by atoms with Crippen LogP contribution in [0.3, 0.4) is 0 Å². The number of anilines is 2. The first-order chi connectivity index (χ1) is 8.45. The van der Waals surface area contributed by atoms with E-state index in [1.807, 2.05) is 0 Å². The Hall–Kier alpha value is -0.720. The van der Waals surface area contributed by atoms with Gasteiger partial charge in [0.2, 0.25) is 0 Å². The summed E-state index contributed by atoms with van der Waals surface area (Å²) in [6.07, 6.45) is 0. The molecule has 2 rings (SSSR count). The van der Waals surface area contributed by atoms with Gasteiger partial charge in [0.05, 0.1) is 10.7 Å². The highest BCUT2D eigenvalue weighted by molar-refractivity contribution is 9.10. The Kier molecular flexibility index (Phi) is 4.19. The van der Waals surface area contributed by atoms with Crippen molar-refractivity contribution in [2.45, 2.75) is 6.92 Å². The third kappa shape index (κ3) is 3.18. The molecule has 1 N–H and O–H groups in total. The molecule has 0 fully saturated rings. The van der Waals surface area contributed by atoms with E-state index in [1.165, 1.54) is 12.1 Å². The monoisotopic (exact) mass is 393 g/mol. The van der Waals surface area contributed by atoms with Crippen LogP contribution < -0.4 is 5.32 Å². The molecule has 0 radical (unpaired) electrons. The zero-order valence-electron chi connectivity index (χ0n) is 9.14. The second-order valence-electron chi connectivity index (χ2n) is 3.49. The van der Waals surface area contributed by atoms with Crippen LogP contribution in [0.25, 0.3) is 0 Å². The van der Waals surface area contributed by atoms with E-state index in [2.05, 4.69) is 47.1 Å². The first-order valence-corrected chi connectivity index (χ1v) is 6.85. The summed E-state index contributed by atoms with van der Waals surface area (Å²) < 4.78 is 14.3. The second kappa shape index (κ2) is 5.50. The Morgan fingerprint density at radius 2 is 1.94 bits per heavy atom. The molecule has 0 aliphatic heterocycles. The average Bonchev–Trinajstić information content (AvgIpc) is 2.22. The number of nitrogens with one attached hydrogen (secondary N) is 1.